The van der Waals surface area contributed by atoms with E-state index in [1.807, 2.05) is 30.3 Å². The quantitative estimate of drug-likeness (QED) is 0.231. The van der Waals surface area contributed by atoms with E-state index in [1.165, 1.54) is 24.3 Å². The lowest BCUT2D eigenvalue weighted by Gasteiger charge is -2.22. The van der Waals surface area contributed by atoms with Crippen molar-refractivity contribution in [1.29, 1.82) is 0 Å². The molecule has 0 aliphatic heterocycles. The van der Waals surface area contributed by atoms with Gasteiger partial charge in [-0.1, -0.05) is 46.3 Å². The van der Waals surface area contributed by atoms with Gasteiger partial charge in [-0.15, -0.1) is 0 Å². The number of nitrogens with zero attached hydrogens (tertiary/aromatic N) is 1. The number of hydrogen-bond donors (Lipinski definition) is 2. The van der Waals surface area contributed by atoms with Gasteiger partial charge in [0.25, 0.3) is 10.0 Å². The lowest BCUT2D eigenvalue weighted by Crippen LogP contribution is -2.37. The third kappa shape index (κ3) is 8.07. The maximum atomic E-state index is 12.7. The summed E-state index contributed by atoms with van der Waals surface area (Å²) in [6.07, 6.45) is 1.01. The van der Waals surface area contributed by atoms with E-state index in [0.29, 0.717) is 29.4 Å². The highest BCUT2D eigenvalue weighted by molar-refractivity contribution is 9.10. The molecule has 4 rings (SSSR count). The number of hydrogen-bond acceptors (Lipinski definition) is 6. The first kappa shape index (κ1) is 29.1. The van der Waals surface area contributed by atoms with Crippen molar-refractivity contribution >= 4 is 58.9 Å². The third-order valence-corrected chi connectivity index (χ3v) is 8.67. The molecule has 0 radical (unpaired) electrons. The summed E-state index contributed by atoms with van der Waals surface area (Å²) in [5.74, 6) is -0.0476. The zero-order chi connectivity index (χ0) is 28.8. The van der Waals surface area contributed by atoms with Gasteiger partial charge in [-0.05, 0) is 78.4 Å². The fourth-order valence-corrected chi connectivity index (χ4v) is 5.81. The highest BCUT2D eigenvalue weighted by Crippen LogP contribution is 2.23. The van der Waals surface area contributed by atoms with E-state index < -0.39 is 32.5 Å². The maximum Gasteiger partial charge on any atom is 0.261 e. The zero-order valence-corrected chi connectivity index (χ0v) is 24.5. The Kier molecular flexibility index (Phi) is 9.13. The van der Waals surface area contributed by atoms with Gasteiger partial charge in [0, 0.05) is 15.8 Å². The van der Waals surface area contributed by atoms with Crippen molar-refractivity contribution in [2.24, 2.45) is 0 Å². The molecule has 0 unspecified atom stereocenters. The summed E-state index contributed by atoms with van der Waals surface area (Å²) in [7, 11) is -7.64. The summed E-state index contributed by atoms with van der Waals surface area (Å²) < 4.78 is 60.3. The average molecular weight is 645 g/mol. The SMILES string of the molecule is CS(=O)(=O)N(CC(=O)Nc1ccc(S(=O)(=O)Nc2ccc(Br)cc2)cc1)c1ccc(OCc2ccccc2)cc1. The molecular formula is C28H26BrN3O6S2. The topological polar surface area (TPSA) is 122 Å². The molecule has 4 aromatic carbocycles. The smallest absolute Gasteiger partial charge is 0.261 e. The van der Waals surface area contributed by atoms with Crippen molar-refractivity contribution in [2.75, 3.05) is 27.1 Å². The minimum Gasteiger partial charge on any atom is -0.489 e. The molecular weight excluding hydrogens is 618 g/mol. The van der Waals surface area contributed by atoms with Crippen LogP contribution in [0.1, 0.15) is 5.56 Å². The number of ether oxygens (including phenoxy) is 1. The molecule has 1 amide bonds. The monoisotopic (exact) mass is 643 g/mol. The van der Waals surface area contributed by atoms with Crippen LogP contribution in [0, 0.1) is 0 Å². The van der Waals surface area contributed by atoms with E-state index in [4.69, 9.17) is 4.74 Å². The predicted molar refractivity (Wildman–Crippen MR) is 159 cm³/mol. The summed E-state index contributed by atoms with van der Waals surface area (Å²) in [5.41, 5.74) is 2.00. The van der Waals surface area contributed by atoms with E-state index in [2.05, 4.69) is 26.0 Å². The molecule has 0 aliphatic carbocycles. The Labute approximate surface area is 242 Å². The summed E-state index contributed by atoms with van der Waals surface area (Å²) in [6.45, 7) is -0.118. The van der Waals surface area contributed by atoms with E-state index in [-0.39, 0.29) is 4.90 Å². The highest BCUT2D eigenvalue weighted by atomic mass is 79.9. The van der Waals surface area contributed by atoms with Crippen LogP contribution in [0.2, 0.25) is 0 Å². The van der Waals surface area contributed by atoms with Crippen LogP contribution >= 0.6 is 15.9 Å². The second-order valence-corrected chi connectivity index (χ2v) is 13.2. The summed E-state index contributed by atoms with van der Waals surface area (Å²) >= 11 is 3.30. The molecule has 0 saturated carbocycles. The Morgan fingerprint density at radius 3 is 2.00 bits per heavy atom. The molecule has 0 fully saturated rings. The second-order valence-electron chi connectivity index (χ2n) is 8.72. The van der Waals surface area contributed by atoms with Crippen molar-refractivity contribution in [3.8, 4) is 5.75 Å². The zero-order valence-electron chi connectivity index (χ0n) is 21.3. The van der Waals surface area contributed by atoms with Gasteiger partial charge in [0.2, 0.25) is 15.9 Å². The van der Waals surface area contributed by atoms with Gasteiger partial charge in [0.15, 0.2) is 0 Å². The number of nitrogens with one attached hydrogen (secondary N) is 2. The van der Waals surface area contributed by atoms with E-state index in [1.54, 1.807) is 48.5 Å². The highest BCUT2D eigenvalue weighted by Gasteiger charge is 2.21. The Morgan fingerprint density at radius 2 is 1.40 bits per heavy atom. The van der Waals surface area contributed by atoms with Crippen LogP contribution in [-0.2, 0) is 31.4 Å². The van der Waals surface area contributed by atoms with Gasteiger partial charge in [0.1, 0.15) is 18.9 Å². The lowest BCUT2D eigenvalue weighted by atomic mass is 10.2. The molecule has 4 aromatic rings. The van der Waals surface area contributed by atoms with Gasteiger partial charge in [-0.25, -0.2) is 16.8 Å². The van der Waals surface area contributed by atoms with Crippen molar-refractivity contribution in [3.05, 3.63) is 113 Å². The van der Waals surface area contributed by atoms with Gasteiger partial charge in [-0.3, -0.25) is 13.8 Å². The molecule has 0 spiro atoms. The Morgan fingerprint density at radius 1 is 0.800 bits per heavy atom. The van der Waals surface area contributed by atoms with Crippen LogP contribution in [0.25, 0.3) is 0 Å². The number of sulfonamides is 2. The standard InChI is InChI=1S/C28H26BrN3O6S2/c1-39(34,35)32(25-13-15-26(16-14-25)38-20-21-5-3-2-4-6-21)19-28(33)30-23-11-17-27(18-12-23)40(36,37)31-24-9-7-22(29)8-10-24/h2-18,31H,19-20H2,1H3,(H,30,33). The number of amides is 1. The molecule has 40 heavy (non-hydrogen) atoms. The Balaban J connectivity index is 1.38. The average Bonchev–Trinajstić information content (AvgIpc) is 2.92. The lowest BCUT2D eigenvalue weighted by molar-refractivity contribution is -0.114. The van der Waals surface area contributed by atoms with E-state index in [9.17, 15) is 21.6 Å². The number of anilines is 3. The number of carbonyl (C=O) groups is 1. The van der Waals surface area contributed by atoms with Crippen LogP contribution < -0.4 is 19.1 Å². The summed E-state index contributed by atoms with van der Waals surface area (Å²) in [6, 6.07) is 28.2. The number of carbonyl (C=O) groups excluding carboxylic acids is 1. The molecule has 0 aliphatic rings. The molecule has 0 bridgehead atoms. The molecule has 2 N–H and O–H groups in total. The second kappa shape index (κ2) is 12.5. The third-order valence-electron chi connectivity index (χ3n) is 5.61. The van der Waals surface area contributed by atoms with Gasteiger partial charge in [0.05, 0.1) is 16.8 Å². The van der Waals surface area contributed by atoms with Crippen molar-refractivity contribution in [3.63, 3.8) is 0 Å². The van der Waals surface area contributed by atoms with Crippen LogP contribution in [0.4, 0.5) is 17.1 Å². The molecule has 12 heteroatoms. The van der Waals surface area contributed by atoms with Crippen LogP contribution in [0.15, 0.2) is 112 Å². The largest absolute Gasteiger partial charge is 0.489 e. The number of halogens is 1. The van der Waals surface area contributed by atoms with Crippen LogP contribution in [0.5, 0.6) is 5.75 Å². The van der Waals surface area contributed by atoms with Gasteiger partial charge in [-0.2, -0.15) is 0 Å². The van der Waals surface area contributed by atoms with Crippen molar-refractivity contribution in [1.82, 2.24) is 0 Å². The normalized spacial score (nSPS) is 11.4. The fraction of sp³-hybridized carbons (Fsp3) is 0.107. The Bertz CT molecular complexity index is 1660. The van der Waals surface area contributed by atoms with Crippen LogP contribution in [0.3, 0.4) is 0 Å². The molecule has 0 aromatic heterocycles. The molecule has 208 valence electrons. The summed E-state index contributed by atoms with van der Waals surface area (Å²) in [4.78, 5) is 12.7. The predicted octanol–water partition coefficient (Wildman–Crippen LogP) is 5.23. The van der Waals surface area contributed by atoms with Gasteiger partial charge < -0.3 is 10.1 Å². The molecule has 0 atom stereocenters. The minimum atomic E-state index is -3.85. The Hall–Kier alpha value is -3.87. The number of benzene rings is 4. The van der Waals surface area contributed by atoms with E-state index >= 15 is 0 Å². The maximum absolute atomic E-state index is 12.7. The number of rotatable bonds is 11. The molecule has 0 saturated heterocycles. The molecule has 0 heterocycles. The van der Waals surface area contributed by atoms with E-state index in [0.717, 1.165) is 20.6 Å². The first-order valence-corrected chi connectivity index (χ1v) is 16.0. The van der Waals surface area contributed by atoms with Crippen LogP contribution in [-0.4, -0.2) is 35.5 Å². The fourth-order valence-electron chi connectivity index (χ4n) is 3.63. The summed E-state index contributed by atoms with van der Waals surface area (Å²) in [5, 5.41) is 2.61. The first-order chi connectivity index (χ1) is 19.0. The van der Waals surface area contributed by atoms with Gasteiger partial charge >= 0.3 is 0 Å². The molecule has 9 nitrogen and oxygen atoms in total. The first-order valence-electron chi connectivity index (χ1n) is 11.9. The van der Waals surface area contributed by atoms with Crippen molar-refractivity contribution in [2.45, 2.75) is 11.5 Å². The van der Waals surface area contributed by atoms with Crippen molar-refractivity contribution < 1.29 is 26.4 Å². The minimum absolute atomic E-state index is 0.000697.